The highest BCUT2D eigenvalue weighted by molar-refractivity contribution is 5.36. The van der Waals surface area contributed by atoms with Crippen LogP contribution < -0.4 is 4.74 Å². The Bertz CT molecular complexity index is 672. The molecule has 0 unspecified atom stereocenters. The number of non-ortho nitro benzene ring substituents is 1. The zero-order chi connectivity index (χ0) is 19.0. The van der Waals surface area contributed by atoms with E-state index in [9.17, 15) is 20.3 Å². The second kappa shape index (κ2) is 7.33. The van der Waals surface area contributed by atoms with Gasteiger partial charge in [-0.1, -0.05) is 6.42 Å². The lowest BCUT2D eigenvalue weighted by molar-refractivity contribution is -0.388. The molecule has 0 radical (unpaired) electrons. The van der Waals surface area contributed by atoms with Gasteiger partial charge < -0.3 is 29.2 Å². The van der Waals surface area contributed by atoms with Crippen molar-refractivity contribution in [2.75, 3.05) is 6.61 Å². The molecule has 2 heterocycles. The number of hydrogen-bond donors (Lipinski definition) is 2. The van der Waals surface area contributed by atoms with E-state index < -0.39 is 41.4 Å². The topological polar surface area (TPSA) is 121 Å². The van der Waals surface area contributed by atoms with E-state index in [1.807, 2.05) is 0 Å². The van der Waals surface area contributed by atoms with E-state index in [1.54, 1.807) is 0 Å². The second-order valence-electron chi connectivity index (χ2n) is 7.26. The van der Waals surface area contributed by atoms with Crippen LogP contribution in [0, 0.1) is 10.1 Å². The van der Waals surface area contributed by atoms with Crippen LogP contribution in [0.4, 0.5) is 5.69 Å². The Labute approximate surface area is 155 Å². The summed E-state index contributed by atoms with van der Waals surface area (Å²) in [5.74, 6) is -0.410. The van der Waals surface area contributed by atoms with Crippen LogP contribution in [-0.2, 0) is 14.2 Å². The Kier molecular flexibility index (Phi) is 5.04. The van der Waals surface area contributed by atoms with Gasteiger partial charge in [-0.3, -0.25) is 10.1 Å². The average Bonchev–Trinajstić information content (AvgIpc) is 2.68. The third-order valence-electron chi connectivity index (χ3n) is 5.42. The maximum atomic E-state index is 10.7. The Balaban J connectivity index is 1.43. The molecule has 1 aromatic rings. The average molecular weight is 381 g/mol. The Hall–Kier alpha value is -1.78. The third kappa shape index (κ3) is 3.65. The molecule has 0 amide bonds. The van der Waals surface area contributed by atoms with E-state index in [2.05, 4.69) is 0 Å². The van der Waals surface area contributed by atoms with Gasteiger partial charge >= 0.3 is 0 Å². The van der Waals surface area contributed by atoms with Crippen LogP contribution in [0.2, 0.25) is 0 Å². The van der Waals surface area contributed by atoms with Crippen LogP contribution in [0.15, 0.2) is 24.3 Å². The van der Waals surface area contributed by atoms with Crippen LogP contribution in [-0.4, -0.2) is 58.2 Å². The molecular formula is C18H23NO8. The Morgan fingerprint density at radius 2 is 1.81 bits per heavy atom. The van der Waals surface area contributed by atoms with Crippen molar-refractivity contribution in [3.8, 4) is 5.75 Å². The number of aliphatic hydroxyl groups excluding tert-OH is 2. The van der Waals surface area contributed by atoms with Gasteiger partial charge in [0.15, 0.2) is 5.79 Å². The number of aliphatic hydroxyl groups is 2. The van der Waals surface area contributed by atoms with Crippen molar-refractivity contribution >= 4 is 5.69 Å². The predicted molar refractivity (Wildman–Crippen MR) is 91.0 cm³/mol. The standard InChI is InChI=1S/C18H23NO8/c20-14-15(21)17(25-12-6-4-11(5-7-12)19(22)23)26-13-10-24-18(27-16(13)14)8-2-1-3-9-18/h4-7,13-17,20-21H,1-3,8-10H2/t13-,14-,15+,16-,17-/m1/s1. The highest BCUT2D eigenvalue weighted by Gasteiger charge is 2.53. The first-order valence-corrected chi connectivity index (χ1v) is 9.22. The van der Waals surface area contributed by atoms with Crippen molar-refractivity contribution in [1.82, 2.24) is 0 Å². The largest absolute Gasteiger partial charge is 0.462 e. The number of fused-ring (bicyclic) bond motifs is 1. The van der Waals surface area contributed by atoms with Crippen LogP contribution in [0.3, 0.4) is 0 Å². The molecule has 1 aromatic carbocycles. The van der Waals surface area contributed by atoms with Gasteiger partial charge in [0.25, 0.3) is 5.69 Å². The van der Waals surface area contributed by atoms with E-state index in [0.29, 0.717) is 0 Å². The molecule has 1 saturated carbocycles. The summed E-state index contributed by atoms with van der Waals surface area (Å²) in [5.41, 5.74) is -0.0700. The van der Waals surface area contributed by atoms with Gasteiger partial charge in [0.05, 0.1) is 11.5 Å². The molecule has 3 aliphatic rings. The van der Waals surface area contributed by atoms with Crippen molar-refractivity contribution in [2.45, 2.75) is 68.6 Å². The smallest absolute Gasteiger partial charge is 0.269 e. The SMILES string of the molecule is O=[N+]([O-])c1ccc(O[C@@H]2O[C@@H]3COC4(CCCCC4)O[C@H]3[C@H](O)[C@@H]2O)cc1. The van der Waals surface area contributed by atoms with Gasteiger partial charge in [0.2, 0.25) is 6.29 Å². The summed E-state index contributed by atoms with van der Waals surface area (Å²) in [7, 11) is 0. The predicted octanol–water partition coefficient (Wildman–Crippen LogP) is 1.50. The monoisotopic (exact) mass is 381 g/mol. The molecule has 1 aliphatic carbocycles. The van der Waals surface area contributed by atoms with Crippen molar-refractivity contribution in [3.63, 3.8) is 0 Å². The normalized spacial score (nSPS) is 35.4. The molecule has 9 nitrogen and oxygen atoms in total. The minimum absolute atomic E-state index is 0.0700. The third-order valence-corrected chi connectivity index (χ3v) is 5.42. The highest BCUT2D eigenvalue weighted by Crippen LogP contribution is 2.40. The second-order valence-corrected chi connectivity index (χ2v) is 7.26. The summed E-state index contributed by atoms with van der Waals surface area (Å²) in [4.78, 5) is 10.2. The molecular weight excluding hydrogens is 358 g/mol. The summed E-state index contributed by atoms with van der Waals surface area (Å²) in [6, 6.07) is 5.42. The number of nitro benzene ring substituents is 1. The minimum atomic E-state index is -1.32. The number of rotatable bonds is 3. The molecule has 148 valence electrons. The molecule has 4 rings (SSSR count). The maximum absolute atomic E-state index is 10.7. The van der Waals surface area contributed by atoms with Crippen LogP contribution >= 0.6 is 0 Å². The fourth-order valence-corrected chi connectivity index (χ4v) is 3.93. The van der Waals surface area contributed by atoms with Crippen molar-refractivity contribution in [3.05, 3.63) is 34.4 Å². The zero-order valence-electron chi connectivity index (χ0n) is 14.7. The van der Waals surface area contributed by atoms with Gasteiger partial charge in [-0.25, -0.2) is 0 Å². The summed E-state index contributed by atoms with van der Waals surface area (Å²) in [6.07, 6.45) is -0.225. The van der Waals surface area contributed by atoms with Gasteiger partial charge in [0, 0.05) is 25.0 Å². The molecule has 2 aliphatic heterocycles. The lowest BCUT2D eigenvalue weighted by atomic mass is 9.90. The maximum Gasteiger partial charge on any atom is 0.269 e. The number of nitrogens with zero attached hydrogens (tertiary/aromatic N) is 1. The molecule has 5 atom stereocenters. The minimum Gasteiger partial charge on any atom is -0.462 e. The Morgan fingerprint density at radius 3 is 2.48 bits per heavy atom. The summed E-state index contributed by atoms with van der Waals surface area (Å²) in [6.45, 7) is 0.245. The quantitative estimate of drug-likeness (QED) is 0.597. The van der Waals surface area contributed by atoms with E-state index in [-0.39, 0.29) is 18.0 Å². The number of nitro groups is 1. The van der Waals surface area contributed by atoms with E-state index in [1.165, 1.54) is 24.3 Å². The zero-order valence-corrected chi connectivity index (χ0v) is 14.7. The molecule has 3 fully saturated rings. The van der Waals surface area contributed by atoms with Crippen molar-refractivity contribution in [2.24, 2.45) is 0 Å². The molecule has 1 spiro atoms. The van der Waals surface area contributed by atoms with Gasteiger partial charge in [-0.2, -0.15) is 0 Å². The van der Waals surface area contributed by atoms with Gasteiger partial charge in [0.1, 0.15) is 30.2 Å². The van der Waals surface area contributed by atoms with Crippen LogP contribution in [0.25, 0.3) is 0 Å². The molecule has 9 heteroatoms. The molecule has 0 aromatic heterocycles. The lowest BCUT2D eigenvalue weighted by Crippen LogP contribution is -2.66. The molecule has 2 saturated heterocycles. The molecule has 0 bridgehead atoms. The summed E-state index contributed by atoms with van der Waals surface area (Å²) in [5, 5.41) is 31.7. The van der Waals surface area contributed by atoms with E-state index in [0.717, 1.165) is 32.1 Å². The van der Waals surface area contributed by atoms with Gasteiger partial charge in [-0.05, 0) is 25.0 Å². The first-order chi connectivity index (χ1) is 13.0. The summed E-state index contributed by atoms with van der Waals surface area (Å²) >= 11 is 0. The highest BCUT2D eigenvalue weighted by atomic mass is 16.8. The van der Waals surface area contributed by atoms with Crippen molar-refractivity contribution < 1.29 is 34.1 Å². The fourth-order valence-electron chi connectivity index (χ4n) is 3.93. The van der Waals surface area contributed by atoms with Crippen molar-refractivity contribution in [1.29, 1.82) is 0 Å². The van der Waals surface area contributed by atoms with Crippen LogP contribution in [0.1, 0.15) is 32.1 Å². The lowest BCUT2D eigenvalue weighted by Gasteiger charge is -2.51. The fraction of sp³-hybridized carbons (Fsp3) is 0.667. The summed E-state index contributed by atoms with van der Waals surface area (Å²) < 4.78 is 23.3. The van der Waals surface area contributed by atoms with Gasteiger partial charge in [-0.15, -0.1) is 0 Å². The number of ether oxygens (including phenoxy) is 4. The number of benzene rings is 1. The Morgan fingerprint density at radius 1 is 1.11 bits per heavy atom. The number of hydrogen-bond acceptors (Lipinski definition) is 8. The van der Waals surface area contributed by atoms with E-state index in [4.69, 9.17) is 18.9 Å². The molecule has 2 N–H and O–H groups in total. The van der Waals surface area contributed by atoms with Crippen LogP contribution in [0.5, 0.6) is 5.75 Å². The van der Waals surface area contributed by atoms with E-state index >= 15 is 0 Å². The molecule has 27 heavy (non-hydrogen) atoms. The first kappa shape index (κ1) is 18.6. The first-order valence-electron chi connectivity index (χ1n) is 9.22.